The van der Waals surface area contributed by atoms with Crippen molar-refractivity contribution in [1.82, 2.24) is 15.6 Å². The number of hydrogen-bond donors (Lipinski definition) is 3. The summed E-state index contributed by atoms with van der Waals surface area (Å²) in [4.78, 5) is 8.72. The second kappa shape index (κ2) is 6.41. The van der Waals surface area contributed by atoms with Gasteiger partial charge in [0.2, 0.25) is 0 Å². The summed E-state index contributed by atoms with van der Waals surface area (Å²) in [5.74, 6) is 0.548. The molecule has 22 heavy (non-hydrogen) atoms. The molecule has 2 aliphatic rings. The third kappa shape index (κ3) is 3.00. The van der Waals surface area contributed by atoms with Gasteiger partial charge in [-0.25, -0.2) is 4.99 Å². The molecule has 3 rings (SSSR count). The third-order valence-electron chi connectivity index (χ3n) is 3.76. The predicted molar refractivity (Wildman–Crippen MR) is 83.3 cm³/mol. The van der Waals surface area contributed by atoms with Crippen LogP contribution in [0, 0.1) is 11.3 Å². The number of aliphatic hydroxyl groups excluding tert-OH is 1. The summed E-state index contributed by atoms with van der Waals surface area (Å²) >= 11 is 0. The number of pyridine rings is 1. The fourth-order valence-electron chi connectivity index (χ4n) is 2.63. The lowest BCUT2D eigenvalue weighted by atomic mass is 10.1. The first-order valence-corrected chi connectivity index (χ1v) is 7.29. The number of guanidine groups is 1. The Kier molecular flexibility index (Phi) is 4.17. The molecule has 1 aliphatic carbocycles. The van der Waals surface area contributed by atoms with Gasteiger partial charge in [-0.2, -0.15) is 5.26 Å². The van der Waals surface area contributed by atoms with Crippen LogP contribution in [0.5, 0.6) is 0 Å². The fraction of sp³-hybridized carbons (Fsp3) is 0.312. The Hall–Kier alpha value is -2.65. The van der Waals surface area contributed by atoms with Gasteiger partial charge in [-0.3, -0.25) is 4.98 Å². The molecule has 1 aliphatic heterocycles. The smallest absolute Gasteiger partial charge is 0.200 e. The number of allylic oxidation sites excluding steroid dienone is 2. The molecule has 0 amide bonds. The zero-order valence-corrected chi connectivity index (χ0v) is 12.0. The van der Waals surface area contributed by atoms with Crippen molar-refractivity contribution in [3.63, 3.8) is 0 Å². The van der Waals surface area contributed by atoms with Gasteiger partial charge in [0.25, 0.3) is 0 Å². The molecule has 112 valence electrons. The first-order valence-electron chi connectivity index (χ1n) is 7.29. The highest BCUT2D eigenvalue weighted by Crippen LogP contribution is 2.22. The summed E-state index contributed by atoms with van der Waals surface area (Å²) in [6, 6.07) is 7.53. The van der Waals surface area contributed by atoms with E-state index in [4.69, 9.17) is 0 Å². The summed E-state index contributed by atoms with van der Waals surface area (Å²) in [6.45, 7) is 0. The Balaban J connectivity index is 1.87. The minimum atomic E-state index is -0.388. The molecule has 6 nitrogen and oxygen atoms in total. The van der Waals surface area contributed by atoms with E-state index in [9.17, 15) is 10.4 Å². The molecule has 0 saturated heterocycles. The van der Waals surface area contributed by atoms with Gasteiger partial charge >= 0.3 is 0 Å². The van der Waals surface area contributed by atoms with Crippen molar-refractivity contribution in [1.29, 1.82) is 5.26 Å². The van der Waals surface area contributed by atoms with Crippen LogP contribution < -0.4 is 10.6 Å². The monoisotopic (exact) mass is 295 g/mol. The maximum absolute atomic E-state index is 9.86. The molecular weight excluding hydrogens is 278 g/mol. The first kappa shape index (κ1) is 14.3. The topological polar surface area (TPSA) is 93.3 Å². The maximum atomic E-state index is 9.86. The van der Waals surface area contributed by atoms with E-state index in [-0.39, 0.29) is 12.1 Å². The van der Waals surface area contributed by atoms with Gasteiger partial charge in [0.15, 0.2) is 5.96 Å². The van der Waals surface area contributed by atoms with E-state index in [1.54, 1.807) is 24.5 Å². The molecule has 1 aromatic rings. The van der Waals surface area contributed by atoms with E-state index in [2.05, 4.69) is 26.7 Å². The lowest BCUT2D eigenvalue weighted by molar-refractivity contribution is 0.166. The van der Waals surface area contributed by atoms with Crippen LogP contribution in [0.4, 0.5) is 0 Å². The Morgan fingerprint density at radius 3 is 3.00 bits per heavy atom. The SMILES string of the molecule is N#C/C(=C1/C=CNC(=N[C@H]2CCC[C@@H]2O)N1)c1ccccn1. The normalized spacial score (nSPS) is 27.9. The number of nitriles is 1. The zero-order chi connectivity index (χ0) is 15.4. The summed E-state index contributed by atoms with van der Waals surface area (Å²) in [7, 11) is 0. The molecule has 6 heteroatoms. The van der Waals surface area contributed by atoms with Crippen LogP contribution >= 0.6 is 0 Å². The molecule has 1 saturated carbocycles. The van der Waals surface area contributed by atoms with Gasteiger partial charge in [-0.05, 0) is 37.5 Å². The van der Waals surface area contributed by atoms with Gasteiger partial charge in [-0.1, -0.05) is 6.07 Å². The van der Waals surface area contributed by atoms with Crippen molar-refractivity contribution in [3.05, 3.63) is 48.1 Å². The van der Waals surface area contributed by atoms with Crippen molar-refractivity contribution in [2.24, 2.45) is 4.99 Å². The van der Waals surface area contributed by atoms with Crippen LogP contribution in [0.3, 0.4) is 0 Å². The van der Waals surface area contributed by atoms with Gasteiger partial charge in [0, 0.05) is 12.4 Å². The van der Waals surface area contributed by atoms with Crippen molar-refractivity contribution < 1.29 is 5.11 Å². The number of hydrogen-bond acceptors (Lipinski definition) is 4. The second-order valence-electron chi connectivity index (χ2n) is 5.26. The standard InChI is InChI=1S/C16H17N5O/c17-10-11(12-4-1-2-8-18-12)13-7-9-19-16(20-13)21-14-5-3-6-15(14)22/h1-2,4,7-9,14-15,22H,3,5-6H2,(H2,19,20,21)/b13-11+/t14-,15-/m0/s1. The van der Waals surface area contributed by atoms with Crippen LogP contribution in [0.25, 0.3) is 5.57 Å². The van der Waals surface area contributed by atoms with Crippen molar-refractivity contribution in [2.45, 2.75) is 31.4 Å². The van der Waals surface area contributed by atoms with Crippen LogP contribution in [0.2, 0.25) is 0 Å². The number of nitrogens with zero attached hydrogens (tertiary/aromatic N) is 3. The highest BCUT2D eigenvalue weighted by atomic mass is 16.3. The molecule has 0 aromatic carbocycles. The van der Waals surface area contributed by atoms with Gasteiger partial charge in [0.1, 0.15) is 11.6 Å². The summed E-state index contributed by atoms with van der Waals surface area (Å²) < 4.78 is 0. The average molecular weight is 295 g/mol. The molecule has 2 atom stereocenters. The number of aliphatic imine (C=N–C) groups is 1. The van der Waals surface area contributed by atoms with Crippen molar-refractivity contribution in [3.8, 4) is 6.07 Å². The highest BCUT2D eigenvalue weighted by molar-refractivity contribution is 5.89. The average Bonchev–Trinajstić information content (AvgIpc) is 2.95. The molecule has 1 fully saturated rings. The second-order valence-corrected chi connectivity index (χ2v) is 5.26. The zero-order valence-electron chi connectivity index (χ0n) is 12.0. The Morgan fingerprint density at radius 1 is 1.41 bits per heavy atom. The number of aliphatic hydroxyl groups is 1. The molecule has 1 aromatic heterocycles. The molecule has 3 N–H and O–H groups in total. The van der Waals surface area contributed by atoms with Crippen molar-refractivity contribution >= 4 is 11.5 Å². The summed E-state index contributed by atoms with van der Waals surface area (Å²) in [5.41, 5.74) is 1.71. The Labute approximate surface area is 128 Å². The molecule has 0 unspecified atom stereocenters. The maximum Gasteiger partial charge on any atom is 0.200 e. The number of nitrogens with one attached hydrogen (secondary N) is 2. The lowest BCUT2D eigenvalue weighted by Crippen LogP contribution is -2.39. The third-order valence-corrected chi connectivity index (χ3v) is 3.76. The van der Waals surface area contributed by atoms with Crippen LogP contribution in [0.1, 0.15) is 25.0 Å². The van der Waals surface area contributed by atoms with Crippen LogP contribution in [0.15, 0.2) is 47.4 Å². The molecule has 0 radical (unpaired) electrons. The highest BCUT2D eigenvalue weighted by Gasteiger charge is 2.25. The summed E-state index contributed by atoms with van der Waals surface area (Å²) in [5, 5.41) is 25.4. The largest absolute Gasteiger partial charge is 0.391 e. The van der Waals surface area contributed by atoms with Gasteiger partial charge < -0.3 is 15.7 Å². The predicted octanol–water partition coefficient (Wildman–Crippen LogP) is 1.29. The lowest BCUT2D eigenvalue weighted by Gasteiger charge is -2.19. The van der Waals surface area contributed by atoms with Crippen LogP contribution in [-0.4, -0.2) is 28.2 Å². The van der Waals surface area contributed by atoms with E-state index in [1.807, 2.05) is 12.1 Å². The number of aromatic nitrogens is 1. The van der Waals surface area contributed by atoms with Gasteiger partial charge in [-0.15, -0.1) is 0 Å². The Bertz CT molecular complexity index is 672. The fourth-order valence-corrected chi connectivity index (χ4v) is 2.63. The van der Waals surface area contributed by atoms with Gasteiger partial charge in [0.05, 0.1) is 23.5 Å². The van der Waals surface area contributed by atoms with E-state index in [1.165, 1.54) is 0 Å². The van der Waals surface area contributed by atoms with Crippen molar-refractivity contribution in [2.75, 3.05) is 0 Å². The molecule has 0 spiro atoms. The van der Waals surface area contributed by atoms with E-state index in [0.29, 0.717) is 22.9 Å². The Morgan fingerprint density at radius 2 is 2.32 bits per heavy atom. The van der Waals surface area contributed by atoms with E-state index in [0.717, 1.165) is 19.3 Å². The minimum Gasteiger partial charge on any atom is -0.391 e. The first-order chi connectivity index (χ1) is 10.8. The summed E-state index contributed by atoms with van der Waals surface area (Å²) in [6.07, 6.45) is 7.42. The van der Waals surface area contributed by atoms with Crippen LogP contribution in [-0.2, 0) is 0 Å². The molecule has 2 heterocycles. The quantitative estimate of drug-likeness (QED) is 0.715. The van der Waals surface area contributed by atoms with E-state index < -0.39 is 0 Å². The minimum absolute atomic E-state index is 0.0943. The molecular formula is C16H17N5O. The molecule has 0 bridgehead atoms. The van der Waals surface area contributed by atoms with E-state index >= 15 is 0 Å². The number of rotatable bonds is 2.